The van der Waals surface area contributed by atoms with E-state index in [4.69, 9.17) is 10.8 Å². The highest BCUT2D eigenvalue weighted by Crippen LogP contribution is 1.84. The molecular formula is C8H19ClN2O4. The maximum atomic E-state index is 9.89. The van der Waals surface area contributed by atoms with E-state index in [1.807, 2.05) is 0 Å². The van der Waals surface area contributed by atoms with Crippen LogP contribution in [-0.4, -0.2) is 55.3 Å². The van der Waals surface area contributed by atoms with Crippen LogP contribution in [0.1, 0.15) is 6.92 Å². The Morgan fingerprint density at radius 3 is 1.67 bits per heavy atom. The number of halogens is 1. The van der Waals surface area contributed by atoms with E-state index in [2.05, 4.69) is 0 Å². The zero-order valence-corrected chi connectivity index (χ0v) is 10.2. The number of carbonyl (C=O) groups is 2. The zero-order valence-electron chi connectivity index (χ0n) is 9.39. The molecular weight excluding hydrogens is 224 g/mol. The van der Waals surface area contributed by atoms with E-state index in [-0.39, 0.29) is 19.0 Å². The van der Waals surface area contributed by atoms with Crippen LogP contribution < -0.4 is 10.8 Å². The maximum absolute atomic E-state index is 9.89. The van der Waals surface area contributed by atoms with Crippen molar-refractivity contribution in [1.29, 1.82) is 0 Å². The van der Waals surface area contributed by atoms with Gasteiger partial charge in [0.1, 0.15) is 12.6 Å². The van der Waals surface area contributed by atoms with E-state index in [0.717, 1.165) is 0 Å². The van der Waals surface area contributed by atoms with Gasteiger partial charge in [0.05, 0.1) is 27.1 Å². The van der Waals surface area contributed by atoms with Crippen LogP contribution in [0.4, 0.5) is 0 Å². The monoisotopic (exact) mass is 242 g/mol. The van der Waals surface area contributed by atoms with Gasteiger partial charge in [0.25, 0.3) is 0 Å². The van der Waals surface area contributed by atoms with Crippen LogP contribution in [0.25, 0.3) is 0 Å². The lowest BCUT2D eigenvalue weighted by molar-refractivity contribution is -0.864. The normalized spacial score (nSPS) is 11.5. The van der Waals surface area contributed by atoms with Crippen LogP contribution in [0.3, 0.4) is 0 Å². The summed E-state index contributed by atoms with van der Waals surface area (Å²) in [4.78, 5) is 19.5. The van der Waals surface area contributed by atoms with Crippen LogP contribution in [-0.2, 0) is 9.59 Å². The van der Waals surface area contributed by atoms with Crippen LogP contribution in [0, 0.1) is 0 Å². The average molecular weight is 243 g/mol. The van der Waals surface area contributed by atoms with Crippen molar-refractivity contribution in [1.82, 2.24) is 0 Å². The Kier molecular flexibility index (Phi) is 11.1. The first-order valence-corrected chi connectivity index (χ1v) is 4.05. The second-order valence-electron chi connectivity index (χ2n) is 3.95. The predicted octanol–water partition coefficient (Wildman–Crippen LogP) is -1.72. The molecule has 15 heavy (non-hydrogen) atoms. The Bertz CT molecular complexity index is 201. The molecule has 0 amide bonds. The number of nitrogens with zero attached hydrogens (tertiary/aromatic N) is 1. The lowest BCUT2D eigenvalue weighted by Gasteiger charge is -2.23. The number of carboxylic acids is 2. The lowest BCUT2D eigenvalue weighted by atomic mass is 10.4. The minimum atomic E-state index is -1.00. The third-order valence-electron chi connectivity index (χ3n) is 0.993. The van der Waals surface area contributed by atoms with Gasteiger partial charge in [-0.15, -0.1) is 12.4 Å². The maximum Gasteiger partial charge on any atom is 0.320 e. The molecule has 0 aliphatic heterocycles. The smallest absolute Gasteiger partial charge is 0.320 e. The van der Waals surface area contributed by atoms with Crippen molar-refractivity contribution < 1.29 is 24.3 Å². The Hall–Kier alpha value is -0.850. The molecule has 0 radical (unpaired) electrons. The Balaban J connectivity index is -0.000000187. The van der Waals surface area contributed by atoms with E-state index in [0.29, 0.717) is 4.48 Å². The van der Waals surface area contributed by atoms with Gasteiger partial charge in [0, 0.05) is 0 Å². The van der Waals surface area contributed by atoms with Crippen molar-refractivity contribution in [3.05, 3.63) is 0 Å². The van der Waals surface area contributed by atoms with Crippen LogP contribution >= 0.6 is 12.4 Å². The van der Waals surface area contributed by atoms with E-state index in [9.17, 15) is 14.7 Å². The third kappa shape index (κ3) is 24.6. The van der Waals surface area contributed by atoms with Crippen molar-refractivity contribution >= 4 is 24.3 Å². The van der Waals surface area contributed by atoms with Crippen molar-refractivity contribution in [2.45, 2.75) is 13.0 Å². The SMILES string of the molecule is CC(N)C(=O)O.C[N+](C)(C)CC(=O)[O-].Cl. The first-order chi connectivity index (χ1) is 6.06. The number of likely N-dealkylation sites (N-methyl/N-ethyl adjacent to an activating group) is 1. The van der Waals surface area contributed by atoms with Gasteiger partial charge in [-0.2, -0.15) is 0 Å². The van der Waals surface area contributed by atoms with E-state index >= 15 is 0 Å². The number of quaternary nitrogens is 1. The van der Waals surface area contributed by atoms with Gasteiger partial charge in [0.15, 0.2) is 0 Å². The standard InChI is InChI=1S/C5H11NO2.C3H7NO2.ClH/c1-6(2,3)4-5(7)8;1-2(4)3(5)6;/h4H2,1-3H3;2H,4H2,1H3,(H,5,6);1H. The first-order valence-electron chi connectivity index (χ1n) is 4.05. The molecule has 6 nitrogen and oxygen atoms in total. The van der Waals surface area contributed by atoms with Gasteiger partial charge in [-0.1, -0.05) is 0 Å². The molecule has 0 rings (SSSR count). The summed E-state index contributed by atoms with van der Waals surface area (Å²) in [7, 11) is 5.40. The largest absolute Gasteiger partial charge is 0.544 e. The lowest BCUT2D eigenvalue weighted by Crippen LogP contribution is -2.45. The van der Waals surface area contributed by atoms with Crippen molar-refractivity contribution in [3.8, 4) is 0 Å². The number of carboxylic acid groups (broad SMARTS) is 2. The highest BCUT2D eigenvalue weighted by Gasteiger charge is 2.04. The highest BCUT2D eigenvalue weighted by molar-refractivity contribution is 5.85. The Labute approximate surface area is 95.7 Å². The molecule has 0 aromatic heterocycles. The molecule has 1 atom stereocenters. The Morgan fingerprint density at radius 1 is 1.40 bits per heavy atom. The first kappa shape index (κ1) is 19.7. The molecule has 0 heterocycles. The van der Waals surface area contributed by atoms with Gasteiger partial charge >= 0.3 is 5.97 Å². The van der Waals surface area contributed by atoms with Gasteiger partial charge in [0.2, 0.25) is 0 Å². The minimum absolute atomic E-state index is 0. The molecule has 0 bridgehead atoms. The minimum Gasteiger partial charge on any atom is -0.544 e. The summed E-state index contributed by atoms with van der Waals surface area (Å²) in [5.74, 6) is -1.97. The highest BCUT2D eigenvalue weighted by atomic mass is 35.5. The molecule has 0 aliphatic carbocycles. The number of carbonyl (C=O) groups excluding carboxylic acids is 1. The molecule has 0 aromatic carbocycles. The van der Waals surface area contributed by atoms with Crippen molar-refractivity contribution in [2.75, 3.05) is 27.7 Å². The fraction of sp³-hybridized carbons (Fsp3) is 0.750. The zero-order chi connectivity index (χ0) is 11.9. The summed E-state index contributed by atoms with van der Waals surface area (Å²) in [6, 6.07) is -0.731. The summed E-state index contributed by atoms with van der Waals surface area (Å²) in [5.41, 5.74) is 4.84. The van der Waals surface area contributed by atoms with Crippen LogP contribution in [0.15, 0.2) is 0 Å². The summed E-state index contributed by atoms with van der Waals surface area (Å²) >= 11 is 0. The topological polar surface area (TPSA) is 103 Å². The number of hydrogen-bond donors (Lipinski definition) is 2. The number of hydrogen-bond acceptors (Lipinski definition) is 4. The molecule has 0 aliphatic rings. The van der Waals surface area contributed by atoms with E-state index in [1.165, 1.54) is 6.92 Å². The predicted molar refractivity (Wildman–Crippen MR) is 56.4 cm³/mol. The van der Waals surface area contributed by atoms with Gasteiger partial charge in [-0.25, -0.2) is 0 Å². The summed E-state index contributed by atoms with van der Waals surface area (Å²) < 4.78 is 0.419. The molecule has 7 heteroatoms. The fourth-order valence-electron chi connectivity index (χ4n) is 0.387. The molecule has 0 spiro atoms. The van der Waals surface area contributed by atoms with Gasteiger partial charge < -0.3 is 25.2 Å². The van der Waals surface area contributed by atoms with Crippen molar-refractivity contribution in [2.24, 2.45) is 5.73 Å². The second-order valence-corrected chi connectivity index (χ2v) is 3.95. The third-order valence-corrected chi connectivity index (χ3v) is 0.993. The molecule has 0 saturated carbocycles. The summed E-state index contributed by atoms with van der Waals surface area (Å²) in [5, 5.41) is 17.8. The van der Waals surface area contributed by atoms with Crippen molar-refractivity contribution in [3.63, 3.8) is 0 Å². The quantitative estimate of drug-likeness (QED) is 0.573. The second kappa shape index (κ2) is 8.46. The molecule has 0 aromatic rings. The Morgan fingerprint density at radius 2 is 1.67 bits per heavy atom. The van der Waals surface area contributed by atoms with E-state index < -0.39 is 18.0 Å². The number of nitrogens with two attached hydrogens (primary N) is 1. The van der Waals surface area contributed by atoms with Gasteiger partial charge in [-0.3, -0.25) is 4.79 Å². The molecule has 92 valence electrons. The molecule has 0 saturated heterocycles. The summed E-state index contributed by atoms with van der Waals surface area (Å²) in [6.07, 6.45) is 0. The number of aliphatic carboxylic acids is 2. The molecule has 0 fully saturated rings. The molecule has 3 N–H and O–H groups in total. The number of rotatable bonds is 3. The van der Waals surface area contributed by atoms with Gasteiger partial charge in [-0.05, 0) is 6.92 Å². The summed E-state index contributed by atoms with van der Waals surface area (Å²) in [6.45, 7) is 1.49. The van der Waals surface area contributed by atoms with E-state index in [1.54, 1.807) is 21.1 Å². The van der Waals surface area contributed by atoms with Crippen LogP contribution in [0.2, 0.25) is 0 Å². The molecule has 1 unspecified atom stereocenters. The fourth-order valence-corrected chi connectivity index (χ4v) is 0.387. The van der Waals surface area contributed by atoms with Crippen LogP contribution in [0.5, 0.6) is 0 Å². The average Bonchev–Trinajstić information content (AvgIpc) is 1.81.